The molecule has 1 saturated carbocycles. The molecule has 0 radical (unpaired) electrons. The van der Waals surface area contributed by atoms with Crippen molar-refractivity contribution in [2.45, 2.75) is 25.3 Å². The first-order valence-corrected chi connectivity index (χ1v) is 3.00. The van der Waals surface area contributed by atoms with Crippen LogP contribution in [-0.4, -0.2) is 17.6 Å². The highest BCUT2D eigenvalue weighted by Crippen LogP contribution is 2.08. The van der Waals surface area contributed by atoms with E-state index < -0.39 is 6.04 Å². The maximum atomic E-state index is 10.7. The molecule has 0 aromatic heterocycles. The summed E-state index contributed by atoms with van der Waals surface area (Å²) >= 11 is 0. The molecule has 0 heterocycles. The van der Waals surface area contributed by atoms with E-state index in [1.807, 2.05) is 0 Å². The second-order valence-electron chi connectivity index (χ2n) is 2.32. The molecule has 0 bridgehead atoms. The summed E-state index contributed by atoms with van der Waals surface area (Å²) in [4.78, 5) is 21.2. The molecule has 1 rings (SSSR count). The Bertz CT molecular complexity index is 153. The molecular weight excluding hydrogens is 118 g/mol. The van der Waals surface area contributed by atoms with Crippen LogP contribution in [0.4, 0.5) is 0 Å². The number of hydrogen-bond donors (Lipinski definition) is 1. The Morgan fingerprint density at radius 3 is 2.44 bits per heavy atom. The standard InChI is InChI=1S/C6H9NO2/c7-5-3-4(8)1-2-6(5)9/h5H,1-3,7H2. The van der Waals surface area contributed by atoms with Crippen LogP contribution in [0.25, 0.3) is 0 Å². The summed E-state index contributed by atoms with van der Waals surface area (Å²) in [5, 5.41) is 0. The van der Waals surface area contributed by atoms with Gasteiger partial charge in [0.05, 0.1) is 6.04 Å². The molecule has 0 aromatic rings. The van der Waals surface area contributed by atoms with Crippen LogP contribution in [0.3, 0.4) is 0 Å². The lowest BCUT2D eigenvalue weighted by Gasteiger charge is -2.13. The highest BCUT2D eigenvalue weighted by atomic mass is 16.1. The minimum Gasteiger partial charge on any atom is -0.321 e. The zero-order valence-corrected chi connectivity index (χ0v) is 5.09. The third kappa shape index (κ3) is 1.36. The predicted octanol–water partition coefficient (Wildman–Crippen LogP) is -0.364. The summed E-state index contributed by atoms with van der Waals surface area (Å²) in [7, 11) is 0. The van der Waals surface area contributed by atoms with Crippen LogP contribution in [0.15, 0.2) is 0 Å². The van der Waals surface area contributed by atoms with Gasteiger partial charge < -0.3 is 5.73 Å². The highest BCUT2D eigenvalue weighted by molar-refractivity contribution is 5.96. The van der Waals surface area contributed by atoms with Crippen molar-refractivity contribution in [3.63, 3.8) is 0 Å². The number of carbonyl (C=O) groups excluding carboxylic acids is 2. The molecular formula is C6H9NO2. The number of Topliss-reactive ketones (excluding diaryl/α,β-unsaturated/α-hetero) is 2. The number of rotatable bonds is 0. The van der Waals surface area contributed by atoms with Gasteiger partial charge in [-0.3, -0.25) is 9.59 Å². The molecule has 1 unspecified atom stereocenters. The molecule has 1 aliphatic carbocycles. The fourth-order valence-electron chi connectivity index (χ4n) is 0.909. The fourth-order valence-corrected chi connectivity index (χ4v) is 0.909. The monoisotopic (exact) mass is 127 g/mol. The Morgan fingerprint density at radius 2 is 2.00 bits per heavy atom. The van der Waals surface area contributed by atoms with E-state index >= 15 is 0 Å². The van der Waals surface area contributed by atoms with E-state index in [1.165, 1.54) is 0 Å². The summed E-state index contributed by atoms with van der Waals surface area (Å²) in [5.74, 6) is 0.136. The van der Waals surface area contributed by atoms with Gasteiger partial charge in [0, 0.05) is 19.3 Å². The van der Waals surface area contributed by atoms with Gasteiger partial charge in [-0.2, -0.15) is 0 Å². The lowest BCUT2D eigenvalue weighted by Crippen LogP contribution is -2.36. The zero-order chi connectivity index (χ0) is 6.85. The van der Waals surface area contributed by atoms with Gasteiger partial charge in [0.2, 0.25) is 0 Å². The SMILES string of the molecule is NC1CC(=O)CCC1=O. The molecule has 1 atom stereocenters. The van der Waals surface area contributed by atoms with Gasteiger partial charge in [0.25, 0.3) is 0 Å². The minimum absolute atomic E-state index is 0.0228. The summed E-state index contributed by atoms with van der Waals surface area (Å²) in [6, 6.07) is -0.508. The van der Waals surface area contributed by atoms with E-state index in [-0.39, 0.29) is 18.0 Å². The molecule has 50 valence electrons. The molecule has 0 saturated heterocycles. The Morgan fingerprint density at radius 1 is 1.33 bits per heavy atom. The van der Waals surface area contributed by atoms with Crippen LogP contribution >= 0.6 is 0 Å². The van der Waals surface area contributed by atoms with Crippen LogP contribution < -0.4 is 5.73 Å². The van der Waals surface area contributed by atoms with Crippen LogP contribution in [-0.2, 0) is 9.59 Å². The van der Waals surface area contributed by atoms with Gasteiger partial charge in [0.1, 0.15) is 11.6 Å². The Hall–Kier alpha value is -0.700. The summed E-state index contributed by atoms with van der Waals surface area (Å²) in [5.41, 5.74) is 5.30. The van der Waals surface area contributed by atoms with E-state index in [2.05, 4.69) is 0 Å². The second kappa shape index (κ2) is 2.27. The van der Waals surface area contributed by atoms with Gasteiger partial charge in [-0.25, -0.2) is 0 Å². The Balaban J connectivity index is 2.54. The summed E-state index contributed by atoms with van der Waals surface area (Å²) < 4.78 is 0. The van der Waals surface area contributed by atoms with Crippen molar-refractivity contribution in [3.05, 3.63) is 0 Å². The van der Waals surface area contributed by atoms with Gasteiger partial charge in [-0.05, 0) is 0 Å². The lowest BCUT2D eigenvalue weighted by molar-refractivity contribution is -0.130. The van der Waals surface area contributed by atoms with Crippen molar-refractivity contribution in [1.82, 2.24) is 0 Å². The predicted molar refractivity (Wildman–Crippen MR) is 31.8 cm³/mol. The lowest BCUT2D eigenvalue weighted by atomic mass is 9.94. The Kier molecular flexibility index (Phi) is 1.62. The summed E-state index contributed by atoms with van der Waals surface area (Å²) in [6.07, 6.45) is 0.991. The fraction of sp³-hybridized carbons (Fsp3) is 0.667. The topological polar surface area (TPSA) is 60.2 Å². The van der Waals surface area contributed by atoms with Crippen molar-refractivity contribution in [1.29, 1.82) is 0 Å². The van der Waals surface area contributed by atoms with Crippen LogP contribution in [0.1, 0.15) is 19.3 Å². The van der Waals surface area contributed by atoms with Crippen molar-refractivity contribution >= 4 is 11.6 Å². The number of carbonyl (C=O) groups is 2. The average molecular weight is 127 g/mol. The smallest absolute Gasteiger partial charge is 0.150 e. The van der Waals surface area contributed by atoms with Crippen LogP contribution in [0.5, 0.6) is 0 Å². The molecule has 0 amide bonds. The van der Waals surface area contributed by atoms with Crippen molar-refractivity contribution in [2.75, 3.05) is 0 Å². The minimum atomic E-state index is -0.508. The molecule has 1 aliphatic rings. The first kappa shape index (κ1) is 6.42. The number of hydrogen-bond acceptors (Lipinski definition) is 3. The number of ketones is 2. The molecule has 0 aromatic carbocycles. The van der Waals surface area contributed by atoms with Crippen molar-refractivity contribution < 1.29 is 9.59 Å². The van der Waals surface area contributed by atoms with E-state index in [1.54, 1.807) is 0 Å². The van der Waals surface area contributed by atoms with Gasteiger partial charge >= 0.3 is 0 Å². The van der Waals surface area contributed by atoms with Crippen molar-refractivity contribution in [3.8, 4) is 0 Å². The second-order valence-corrected chi connectivity index (χ2v) is 2.32. The third-order valence-corrected chi connectivity index (χ3v) is 1.51. The van der Waals surface area contributed by atoms with Gasteiger partial charge in [-0.15, -0.1) is 0 Å². The Labute approximate surface area is 53.2 Å². The molecule has 2 N–H and O–H groups in total. The molecule has 0 aliphatic heterocycles. The van der Waals surface area contributed by atoms with Crippen LogP contribution in [0, 0.1) is 0 Å². The number of nitrogens with two attached hydrogens (primary N) is 1. The molecule has 1 fully saturated rings. The maximum absolute atomic E-state index is 10.7. The van der Waals surface area contributed by atoms with E-state index in [4.69, 9.17) is 5.73 Å². The summed E-state index contributed by atoms with van der Waals surface area (Å²) in [6.45, 7) is 0. The molecule has 0 spiro atoms. The highest BCUT2D eigenvalue weighted by Gasteiger charge is 2.22. The van der Waals surface area contributed by atoms with Gasteiger partial charge in [0.15, 0.2) is 0 Å². The maximum Gasteiger partial charge on any atom is 0.150 e. The van der Waals surface area contributed by atoms with E-state index in [0.717, 1.165) is 0 Å². The normalized spacial score (nSPS) is 28.8. The van der Waals surface area contributed by atoms with Gasteiger partial charge in [-0.1, -0.05) is 0 Å². The van der Waals surface area contributed by atoms with Crippen molar-refractivity contribution in [2.24, 2.45) is 5.73 Å². The average Bonchev–Trinajstić information content (AvgIpc) is 1.80. The van der Waals surface area contributed by atoms with E-state index in [0.29, 0.717) is 12.8 Å². The van der Waals surface area contributed by atoms with E-state index in [9.17, 15) is 9.59 Å². The first-order chi connectivity index (χ1) is 4.20. The quantitative estimate of drug-likeness (QED) is 0.483. The largest absolute Gasteiger partial charge is 0.321 e. The third-order valence-electron chi connectivity index (χ3n) is 1.51. The first-order valence-electron chi connectivity index (χ1n) is 3.00. The van der Waals surface area contributed by atoms with Crippen LogP contribution in [0.2, 0.25) is 0 Å². The molecule has 9 heavy (non-hydrogen) atoms. The molecule has 3 heteroatoms. The zero-order valence-electron chi connectivity index (χ0n) is 5.09. The molecule has 3 nitrogen and oxygen atoms in total.